The number of hydrazine groups is 1. The Morgan fingerprint density at radius 1 is 1.10 bits per heavy atom. The first-order chi connectivity index (χ1) is 10.2. The first-order valence-electron chi connectivity index (χ1n) is 6.93. The first kappa shape index (κ1) is 15.1. The Bertz CT molecular complexity index is 567. The molecule has 21 heavy (non-hydrogen) atoms. The first-order valence-corrected chi connectivity index (χ1v) is 6.93. The fourth-order valence-electron chi connectivity index (χ4n) is 2.02. The summed E-state index contributed by atoms with van der Waals surface area (Å²) in [7, 11) is 1.65. The molecule has 0 fully saturated rings. The lowest BCUT2D eigenvalue weighted by Gasteiger charge is -2.15. The second kappa shape index (κ2) is 7.45. The quantitative estimate of drug-likeness (QED) is 0.802. The Kier molecular flexibility index (Phi) is 5.35. The maximum absolute atomic E-state index is 11.9. The Hall–Kier alpha value is -2.33. The maximum Gasteiger partial charge on any atom is 0.265 e. The van der Waals surface area contributed by atoms with E-state index in [0.717, 1.165) is 12.2 Å². The Morgan fingerprint density at radius 3 is 2.38 bits per heavy atom. The van der Waals surface area contributed by atoms with Gasteiger partial charge in [-0.15, -0.1) is 0 Å². The van der Waals surface area contributed by atoms with Gasteiger partial charge in [0, 0.05) is 11.6 Å². The third kappa shape index (κ3) is 4.61. The van der Waals surface area contributed by atoms with E-state index in [2.05, 4.69) is 10.9 Å². The summed E-state index contributed by atoms with van der Waals surface area (Å²) in [6.07, 6.45) is 0.819. The molecule has 0 aliphatic heterocycles. The van der Waals surface area contributed by atoms with Gasteiger partial charge in [0.1, 0.15) is 5.75 Å². The van der Waals surface area contributed by atoms with E-state index >= 15 is 0 Å². The van der Waals surface area contributed by atoms with E-state index in [1.807, 2.05) is 49.4 Å². The second-order valence-electron chi connectivity index (χ2n) is 4.92. The zero-order valence-electron chi connectivity index (χ0n) is 12.3. The number of hydrogen-bond acceptors (Lipinski definition) is 3. The lowest BCUT2D eigenvalue weighted by Crippen LogP contribution is -2.43. The van der Waals surface area contributed by atoms with Crippen molar-refractivity contribution in [3.05, 3.63) is 65.7 Å². The number of benzene rings is 2. The molecule has 0 aliphatic rings. The SMILES string of the molecule is COc1ccc(CC(C)NNC(=O)c2ccccc2)cc1. The van der Waals surface area contributed by atoms with Crippen LogP contribution in [0.1, 0.15) is 22.8 Å². The van der Waals surface area contributed by atoms with Crippen LogP contribution in [0.2, 0.25) is 0 Å². The molecular weight excluding hydrogens is 264 g/mol. The minimum absolute atomic E-state index is 0.128. The molecule has 2 aromatic carbocycles. The van der Waals surface area contributed by atoms with Crippen molar-refractivity contribution in [3.8, 4) is 5.75 Å². The molecule has 0 heterocycles. The van der Waals surface area contributed by atoms with Gasteiger partial charge in [0.05, 0.1) is 7.11 Å². The Balaban J connectivity index is 1.81. The van der Waals surface area contributed by atoms with Crippen LogP contribution in [0.3, 0.4) is 0 Å². The normalized spacial score (nSPS) is 11.7. The van der Waals surface area contributed by atoms with Crippen LogP contribution in [-0.4, -0.2) is 19.1 Å². The number of hydrogen-bond donors (Lipinski definition) is 2. The molecule has 1 atom stereocenters. The molecule has 4 nitrogen and oxygen atoms in total. The van der Waals surface area contributed by atoms with Gasteiger partial charge >= 0.3 is 0 Å². The van der Waals surface area contributed by atoms with E-state index in [1.54, 1.807) is 19.2 Å². The lowest BCUT2D eigenvalue weighted by atomic mass is 10.1. The summed E-state index contributed by atoms with van der Waals surface area (Å²) < 4.78 is 5.13. The van der Waals surface area contributed by atoms with Crippen LogP contribution in [0, 0.1) is 0 Å². The fraction of sp³-hybridized carbons (Fsp3) is 0.235. The maximum atomic E-state index is 11.9. The molecule has 2 N–H and O–H groups in total. The van der Waals surface area contributed by atoms with Crippen LogP contribution in [0.15, 0.2) is 54.6 Å². The average molecular weight is 284 g/mol. The van der Waals surface area contributed by atoms with Crippen LogP contribution in [0.25, 0.3) is 0 Å². The van der Waals surface area contributed by atoms with Gasteiger partial charge in [-0.05, 0) is 43.2 Å². The number of carbonyl (C=O) groups is 1. The van der Waals surface area contributed by atoms with E-state index < -0.39 is 0 Å². The standard InChI is InChI=1S/C17H20N2O2/c1-13(12-14-8-10-16(21-2)11-9-14)18-19-17(20)15-6-4-3-5-7-15/h3-11,13,18H,12H2,1-2H3,(H,19,20). The van der Waals surface area contributed by atoms with Crippen molar-refractivity contribution in [2.45, 2.75) is 19.4 Å². The highest BCUT2D eigenvalue weighted by Crippen LogP contribution is 2.12. The predicted molar refractivity (Wildman–Crippen MR) is 83.2 cm³/mol. The Labute approximate surface area is 125 Å². The van der Waals surface area contributed by atoms with E-state index in [-0.39, 0.29) is 11.9 Å². The number of ether oxygens (including phenoxy) is 1. The molecule has 0 radical (unpaired) electrons. The summed E-state index contributed by atoms with van der Waals surface area (Å²) in [5, 5.41) is 0. The van der Waals surface area contributed by atoms with Crippen LogP contribution in [-0.2, 0) is 6.42 Å². The van der Waals surface area contributed by atoms with Gasteiger partial charge in [0.25, 0.3) is 5.91 Å². The van der Waals surface area contributed by atoms with Crippen LogP contribution < -0.4 is 15.6 Å². The summed E-state index contributed by atoms with van der Waals surface area (Å²) in [5.74, 6) is 0.717. The predicted octanol–water partition coefficient (Wildman–Crippen LogP) is 2.56. The molecule has 0 aromatic heterocycles. The highest BCUT2D eigenvalue weighted by molar-refractivity contribution is 5.93. The van der Waals surface area contributed by atoms with Gasteiger partial charge in [-0.25, -0.2) is 5.43 Å². The fourth-order valence-corrected chi connectivity index (χ4v) is 2.02. The third-order valence-corrected chi connectivity index (χ3v) is 3.17. The summed E-state index contributed by atoms with van der Waals surface area (Å²) in [5.41, 5.74) is 7.58. The van der Waals surface area contributed by atoms with Crippen molar-refractivity contribution in [3.63, 3.8) is 0 Å². The van der Waals surface area contributed by atoms with Crippen molar-refractivity contribution >= 4 is 5.91 Å². The summed E-state index contributed by atoms with van der Waals surface area (Å²) in [4.78, 5) is 11.9. The van der Waals surface area contributed by atoms with Gasteiger partial charge < -0.3 is 4.74 Å². The molecule has 0 saturated carbocycles. The van der Waals surface area contributed by atoms with Crippen molar-refractivity contribution in [2.75, 3.05) is 7.11 Å². The van der Waals surface area contributed by atoms with Crippen molar-refractivity contribution in [1.82, 2.24) is 10.9 Å². The molecule has 0 aliphatic carbocycles. The number of methoxy groups -OCH3 is 1. The highest BCUT2D eigenvalue weighted by Gasteiger charge is 2.07. The monoisotopic (exact) mass is 284 g/mol. The van der Waals surface area contributed by atoms with Gasteiger partial charge in [-0.2, -0.15) is 0 Å². The van der Waals surface area contributed by atoms with E-state index in [0.29, 0.717) is 5.56 Å². The zero-order valence-corrected chi connectivity index (χ0v) is 12.3. The molecule has 1 unspecified atom stereocenters. The molecule has 2 rings (SSSR count). The van der Waals surface area contributed by atoms with E-state index in [9.17, 15) is 4.79 Å². The van der Waals surface area contributed by atoms with Crippen LogP contribution in [0.4, 0.5) is 0 Å². The second-order valence-corrected chi connectivity index (χ2v) is 4.92. The van der Waals surface area contributed by atoms with E-state index in [1.165, 1.54) is 5.56 Å². The minimum atomic E-state index is -0.128. The molecular formula is C17H20N2O2. The molecule has 0 bridgehead atoms. The largest absolute Gasteiger partial charge is 0.497 e. The molecule has 4 heteroatoms. The minimum Gasteiger partial charge on any atom is -0.497 e. The lowest BCUT2D eigenvalue weighted by molar-refractivity contribution is 0.0926. The molecule has 0 spiro atoms. The smallest absolute Gasteiger partial charge is 0.265 e. The van der Waals surface area contributed by atoms with Crippen LogP contribution in [0.5, 0.6) is 5.75 Å². The number of nitrogens with one attached hydrogen (secondary N) is 2. The van der Waals surface area contributed by atoms with Gasteiger partial charge in [0.15, 0.2) is 0 Å². The molecule has 110 valence electrons. The van der Waals surface area contributed by atoms with Gasteiger partial charge in [0.2, 0.25) is 0 Å². The topological polar surface area (TPSA) is 50.4 Å². The average Bonchev–Trinajstić information content (AvgIpc) is 2.54. The van der Waals surface area contributed by atoms with Gasteiger partial charge in [-0.1, -0.05) is 30.3 Å². The van der Waals surface area contributed by atoms with E-state index in [4.69, 9.17) is 4.74 Å². The summed E-state index contributed by atoms with van der Waals surface area (Å²) in [6.45, 7) is 2.02. The van der Waals surface area contributed by atoms with Crippen molar-refractivity contribution in [1.29, 1.82) is 0 Å². The summed E-state index contributed by atoms with van der Waals surface area (Å²) in [6, 6.07) is 17.2. The van der Waals surface area contributed by atoms with Crippen molar-refractivity contribution in [2.24, 2.45) is 0 Å². The third-order valence-electron chi connectivity index (χ3n) is 3.17. The molecule has 2 aromatic rings. The van der Waals surface area contributed by atoms with Crippen LogP contribution >= 0.6 is 0 Å². The Morgan fingerprint density at radius 2 is 1.76 bits per heavy atom. The van der Waals surface area contributed by atoms with Crippen molar-refractivity contribution < 1.29 is 9.53 Å². The number of rotatable bonds is 6. The molecule has 1 amide bonds. The molecule has 0 saturated heterocycles. The number of amides is 1. The summed E-state index contributed by atoms with van der Waals surface area (Å²) >= 11 is 0. The highest BCUT2D eigenvalue weighted by atomic mass is 16.5. The van der Waals surface area contributed by atoms with Gasteiger partial charge in [-0.3, -0.25) is 10.2 Å². The zero-order chi connectivity index (χ0) is 15.1. The number of carbonyl (C=O) groups excluding carboxylic acids is 1.